The van der Waals surface area contributed by atoms with Crippen LogP contribution in [-0.2, 0) is 9.53 Å². The number of esters is 1. The molecule has 1 aliphatic heterocycles. The molecular weight excluding hydrogens is 340 g/mol. The largest absolute Gasteiger partial charge is 0.462 e. The number of urea groups is 1. The van der Waals surface area contributed by atoms with Crippen LogP contribution in [0.15, 0.2) is 53.7 Å². The van der Waals surface area contributed by atoms with Gasteiger partial charge < -0.3 is 15.4 Å². The lowest BCUT2D eigenvalue weighted by Crippen LogP contribution is -2.45. The molecule has 3 rings (SSSR count). The van der Waals surface area contributed by atoms with Gasteiger partial charge in [0.05, 0.1) is 18.2 Å². The zero-order valence-corrected chi connectivity index (χ0v) is 15.9. The van der Waals surface area contributed by atoms with Gasteiger partial charge >= 0.3 is 12.0 Å². The molecule has 1 aliphatic rings. The van der Waals surface area contributed by atoms with Gasteiger partial charge in [0.15, 0.2) is 0 Å². The average molecular weight is 366 g/mol. The minimum atomic E-state index is -0.534. The molecule has 142 valence electrons. The predicted octanol–water partition coefficient (Wildman–Crippen LogP) is 4.59. The summed E-state index contributed by atoms with van der Waals surface area (Å²) in [6.07, 6.45) is 4.17. The van der Waals surface area contributed by atoms with Crippen molar-refractivity contribution in [1.29, 1.82) is 0 Å². The van der Waals surface area contributed by atoms with Crippen LogP contribution in [0.3, 0.4) is 0 Å². The molecule has 2 amide bonds. The van der Waals surface area contributed by atoms with Gasteiger partial charge in [-0.15, -0.1) is 0 Å². The summed E-state index contributed by atoms with van der Waals surface area (Å²) < 4.78 is 5.51. The van der Waals surface area contributed by atoms with Crippen molar-refractivity contribution in [1.82, 2.24) is 10.6 Å². The number of fused-ring (bicyclic) bond motifs is 1. The number of amides is 2. The maximum Gasteiger partial charge on any atom is 0.338 e. The molecule has 0 aliphatic carbocycles. The highest BCUT2D eigenvalue weighted by atomic mass is 16.5. The summed E-state index contributed by atoms with van der Waals surface area (Å²) in [5, 5.41) is 7.66. The van der Waals surface area contributed by atoms with Crippen LogP contribution in [-0.4, -0.2) is 18.6 Å². The third-order valence-corrected chi connectivity index (χ3v) is 4.85. The van der Waals surface area contributed by atoms with Crippen LogP contribution in [0, 0.1) is 0 Å². The van der Waals surface area contributed by atoms with Crippen LogP contribution >= 0.6 is 0 Å². The van der Waals surface area contributed by atoms with Gasteiger partial charge in [0.25, 0.3) is 0 Å². The molecule has 1 heterocycles. The predicted molar refractivity (Wildman–Crippen MR) is 106 cm³/mol. The third kappa shape index (κ3) is 4.30. The summed E-state index contributed by atoms with van der Waals surface area (Å²) in [6, 6.07) is 13.0. The Labute approximate surface area is 159 Å². The second-order valence-corrected chi connectivity index (χ2v) is 6.84. The first-order chi connectivity index (χ1) is 13.1. The topological polar surface area (TPSA) is 67.4 Å². The fraction of sp³-hybridized carbons (Fsp3) is 0.364. The Morgan fingerprint density at radius 3 is 2.67 bits per heavy atom. The number of benzene rings is 2. The maximum atomic E-state index is 12.8. The standard InChI is InChI=1S/C22H26N2O3/c1-3-4-5-8-14-27-21(25)19-15(2)23-22(26)24-20(19)18-13-9-11-16-10-6-7-12-17(16)18/h6-7,9-13,20H,3-5,8,14H2,1-2H3,(H2,23,24,26). The van der Waals surface area contributed by atoms with Crippen molar-refractivity contribution in [3.05, 3.63) is 59.3 Å². The van der Waals surface area contributed by atoms with Gasteiger partial charge in [-0.3, -0.25) is 0 Å². The van der Waals surface area contributed by atoms with Crippen LogP contribution in [0.1, 0.15) is 51.1 Å². The zero-order chi connectivity index (χ0) is 19.2. The van der Waals surface area contributed by atoms with Crippen molar-refractivity contribution in [2.45, 2.75) is 45.6 Å². The van der Waals surface area contributed by atoms with Gasteiger partial charge in [-0.1, -0.05) is 68.7 Å². The summed E-state index contributed by atoms with van der Waals surface area (Å²) in [5.74, 6) is -0.380. The molecule has 1 unspecified atom stereocenters. The fourth-order valence-corrected chi connectivity index (χ4v) is 3.47. The normalized spacial score (nSPS) is 16.8. The van der Waals surface area contributed by atoms with Crippen LogP contribution in [0.5, 0.6) is 0 Å². The lowest BCUT2D eigenvalue weighted by Gasteiger charge is -2.29. The number of ether oxygens (including phenoxy) is 1. The summed E-state index contributed by atoms with van der Waals surface area (Å²) in [6.45, 7) is 4.28. The summed E-state index contributed by atoms with van der Waals surface area (Å²) in [5.41, 5.74) is 1.89. The van der Waals surface area contributed by atoms with Crippen molar-refractivity contribution in [3.8, 4) is 0 Å². The quantitative estimate of drug-likeness (QED) is 0.556. The molecule has 0 aromatic heterocycles. The first-order valence-corrected chi connectivity index (χ1v) is 9.55. The molecule has 5 nitrogen and oxygen atoms in total. The molecule has 0 bridgehead atoms. The van der Waals surface area contributed by atoms with E-state index in [1.807, 2.05) is 42.5 Å². The monoisotopic (exact) mass is 366 g/mol. The lowest BCUT2D eigenvalue weighted by molar-refractivity contribution is -0.139. The highest BCUT2D eigenvalue weighted by Crippen LogP contribution is 2.32. The molecule has 0 saturated carbocycles. The smallest absolute Gasteiger partial charge is 0.338 e. The molecule has 0 radical (unpaired) electrons. The van der Waals surface area contributed by atoms with E-state index in [0.29, 0.717) is 17.9 Å². The Morgan fingerprint density at radius 1 is 1.07 bits per heavy atom. The van der Waals surface area contributed by atoms with Crippen molar-refractivity contribution in [2.75, 3.05) is 6.61 Å². The van der Waals surface area contributed by atoms with Crippen molar-refractivity contribution in [2.24, 2.45) is 0 Å². The molecule has 5 heteroatoms. The second-order valence-electron chi connectivity index (χ2n) is 6.84. The molecule has 2 N–H and O–H groups in total. The van der Waals surface area contributed by atoms with E-state index in [-0.39, 0.29) is 12.0 Å². The average Bonchev–Trinajstić information content (AvgIpc) is 2.66. The Hall–Kier alpha value is -2.82. The van der Waals surface area contributed by atoms with Crippen LogP contribution in [0.25, 0.3) is 10.8 Å². The van der Waals surface area contributed by atoms with Crippen molar-refractivity contribution < 1.29 is 14.3 Å². The molecule has 1 atom stereocenters. The van der Waals surface area contributed by atoms with Gasteiger partial charge in [-0.25, -0.2) is 9.59 Å². The van der Waals surface area contributed by atoms with E-state index in [1.54, 1.807) is 6.92 Å². The summed E-state index contributed by atoms with van der Waals surface area (Å²) in [7, 11) is 0. The van der Waals surface area contributed by atoms with Gasteiger partial charge in [0.2, 0.25) is 0 Å². The van der Waals surface area contributed by atoms with E-state index < -0.39 is 6.04 Å². The van der Waals surface area contributed by atoms with E-state index in [9.17, 15) is 9.59 Å². The molecule has 0 spiro atoms. The SMILES string of the molecule is CCCCCCOC(=O)C1=C(C)NC(=O)NC1c1cccc2ccccc12. The number of carbonyl (C=O) groups is 2. The number of unbranched alkanes of at least 4 members (excludes halogenated alkanes) is 3. The van der Waals surface area contributed by atoms with Crippen LogP contribution < -0.4 is 10.6 Å². The van der Waals surface area contributed by atoms with Crippen molar-refractivity contribution >= 4 is 22.8 Å². The minimum Gasteiger partial charge on any atom is -0.462 e. The summed E-state index contributed by atoms with van der Waals surface area (Å²) >= 11 is 0. The molecule has 2 aromatic rings. The van der Waals surface area contributed by atoms with Gasteiger partial charge in [0.1, 0.15) is 0 Å². The molecule has 27 heavy (non-hydrogen) atoms. The van der Waals surface area contributed by atoms with Gasteiger partial charge in [-0.2, -0.15) is 0 Å². The second kappa shape index (κ2) is 8.71. The van der Waals surface area contributed by atoms with E-state index in [1.165, 1.54) is 0 Å². The number of nitrogens with one attached hydrogen (secondary N) is 2. The maximum absolute atomic E-state index is 12.8. The zero-order valence-electron chi connectivity index (χ0n) is 15.9. The van der Waals surface area contributed by atoms with E-state index in [4.69, 9.17) is 4.74 Å². The minimum absolute atomic E-state index is 0.315. The van der Waals surface area contributed by atoms with E-state index in [0.717, 1.165) is 42.0 Å². The molecule has 2 aromatic carbocycles. The first-order valence-electron chi connectivity index (χ1n) is 9.55. The Bertz CT molecular complexity index is 867. The highest BCUT2D eigenvalue weighted by Gasteiger charge is 2.32. The van der Waals surface area contributed by atoms with Gasteiger partial charge in [0, 0.05) is 5.70 Å². The lowest BCUT2D eigenvalue weighted by atomic mass is 9.91. The van der Waals surface area contributed by atoms with Crippen LogP contribution in [0.2, 0.25) is 0 Å². The number of rotatable bonds is 7. The highest BCUT2D eigenvalue weighted by molar-refractivity contribution is 5.97. The number of carbonyl (C=O) groups excluding carboxylic acids is 2. The van der Waals surface area contributed by atoms with E-state index in [2.05, 4.69) is 17.6 Å². The summed E-state index contributed by atoms with van der Waals surface area (Å²) in [4.78, 5) is 24.9. The molecular formula is C22H26N2O3. The molecule has 0 saturated heterocycles. The first kappa shape index (κ1) is 19.0. The Kier molecular flexibility index (Phi) is 6.12. The van der Waals surface area contributed by atoms with Gasteiger partial charge in [-0.05, 0) is 29.7 Å². The number of hydrogen-bond donors (Lipinski definition) is 2. The third-order valence-electron chi connectivity index (χ3n) is 4.85. The van der Waals surface area contributed by atoms with E-state index >= 15 is 0 Å². The Balaban J connectivity index is 1.89. The number of allylic oxidation sites excluding steroid dienone is 1. The van der Waals surface area contributed by atoms with Crippen molar-refractivity contribution in [3.63, 3.8) is 0 Å². The molecule has 0 fully saturated rings. The van der Waals surface area contributed by atoms with Crippen LogP contribution in [0.4, 0.5) is 4.79 Å². The number of hydrogen-bond acceptors (Lipinski definition) is 3. The Morgan fingerprint density at radius 2 is 1.85 bits per heavy atom. The fourth-order valence-electron chi connectivity index (χ4n) is 3.47.